The molecular formula is C34H39N3O8S2. The molecule has 2 N–H and O–H groups in total. The number of nitrogens with zero attached hydrogens (tertiary/aromatic N) is 2. The van der Waals surface area contributed by atoms with Crippen molar-refractivity contribution in [1.29, 1.82) is 0 Å². The first-order chi connectivity index (χ1) is 22.7. The van der Waals surface area contributed by atoms with Crippen molar-refractivity contribution >= 4 is 27.5 Å². The number of fused-ring (bicyclic) bond motifs is 1. The largest absolute Gasteiger partial charge is 0.443 e. The summed E-state index contributed by atoms with van der Waals surface area (Å²) in [5.74, 6) is 0.430. The van der Waals surface area contributed by atoms with Gasteiger partial charge in [0.2, 0.25) is 15.9 Å². The van der Waals surface area contributed by atoms with E-state index in [0.717, 1.165) is 16.9 Å². The number of benzene rings is 2. The summed E-state index contributed by atoms with van der Waals surface area (Å²) in [4.78, 5) is 18.6. The number of aromatic nitrogens is 1. The van der Waals surface area contributed by atoms with E-state index in [-0.39, 0.29) is 49.1 Å². The lowest BCUT2D eigenvalue weighted by Crippen LogP contribution is -2.51. The third-order valence-electron chi connectivity index (χ3n) is 8.29. The summed E-state index contributed by atoms with van der Waals surface area (Å²) in [6, 6.07) is 18.8. The Kier molecular flexibility index (Phi) is 10.4. The third kappa shape index (κ3) is 7.94. The van der Waals surface area contributed by atoms with Crippen molar-refractivity contribution in [2.45, 2.75) is 56.1 Å². The molecule has 11 nitrogen and oxygen atoms in total. The van der Waals surface area contributed by atoms with E-state index in [1.807, 2.05) is 61.7 Å². The molecule has 2 aliphatic heterocycles. The first-order valence-corrected chi connectivity index (χ1v) is 18.0. The average Bonchev–Trinajstić information content (AvgIpc) is 3.87. The minimum atomic E-state index is -4.03. The third-order valence-corrected chi connectivity index (χ3v) is 11.0. The van der Waals surface area contributed by atoms with E-state index in [9.17, 15) is 18.3 Å². The summed E-state index contributed by atoms with van der Waals surface area (Å²) in [7, 11) is -4.03. The molecule has 4 heterocycles. The molecule has 6 rings (SSSR count). The van der Waals surface area contributed by atoms with Gasteiger partial charge in [0, 0.05) is 18.7 Å². The maximum atomic E-state index is 14.0. The fourth-order valence-corrected chi connectivity index (χ4v) is 8.18. The summed E-state index contributed by atoms with van der Waals surface area (Å²) in [6.07, 6.45) is -0.234. The first-order valence-electron chi connectivity index (χ1n) is 15.7. The van der Waals surface area contributed by atoms with Crippen molar-refractivity contribution in [3.05, 3.63) is 83.9 Å². The topological polar surface area (TPSA) is 140 Å². The predicted octanol–water partition coefficient (Wildman–Crippen LogP) is 5.18. The van der Waals surface area contributed by atoms with Gasteiger partial charge in [-0.25, -0.2) is 18.2 Å². The van der Waals surface area contributed by atoms with E-state index in [1.54, 1.807) is 18.4 Å². The lowest BCUT2D eigenvalue weighted by Gasteiger charge is -2.31. The highest BCUT2D eigenvalue weighted by Crippen LogP contribution is 2.33. The minimum Gasteiger partial charge on any atom is -0.443 e. The molecule has 2 saturated heterocycles. The molecule has 0 bridgehead atoms. The van der Waals surface area contributed by atoms with Gasteiger partial charge in [0.1, 0.15) is 18.1 Å². The van der Waals surface area contributed by atoms with Crippen LogP contribution in [0.15, 0.2) is 87.7 Å². The molecule has 0 radical (unpaired) electrons. The average molecular weight is 682 g/mol. The second-order valence-corrected chi connectivity index (χ2v) is 15.1. The molecule has 250 valence electrons. The molecule has 2 fully saturated rings. The number of hydrogen-bond donors (Lipinski definition) is 2. The molecule has 5 atom stereocenters. The zero-order chi connectivity index (χ0) is 33.0. The van der Waals surface area contributed by atoms with Crippen LogP contribution in [0.25, 0.3) is 22.0 Å². The molecule has 2 aromatic heterocycles. The molecule has 2 aliphatic rings. The van der Waals surface area contributed by atoms with Gasteiger partial charge >= 0.3 is 6.09 Å². The van der Waals surface area contributed by atoms with Crippen LogP contribution in [0.3, 0.4) is 0 Å². The van der Waals surface area contributed by atoms with Crippen LogP contribution in [0.4, 0.5) is 4.79 Å². The summed E-state index contributed by atoms with van der Waals surface area (Å²) in [5, 5.41) is 16.3. The molecule has 0 unspecified atom stereocenters. The van der Waals surface area contributed by atoms with Gasteiger partial charge in [0.25, 0.3) is 0 Å². The van der Waals surface area contributed by atoms with Crippen molar-refractivity contribution in [2.24, 2.45) is 11.8 Å². The van der Waals surface area contributed by atoms with Crippen molar-refractivity contribution < 1.29 is 36.9 Å². The van der Waals surface area contributed by atoms with Crippen LogP contribution in [0.1, 0.15) is 25.8 Å². The standard InChI is InChI=1S/C34H39N3O8S2/c1-22(2)18-37(47(40,41)25-12-10-24(11-13-25)28-20-43-32(35-28)31-9-6-16-46-31)19-29(38)27(17-23-7-4-3-5-8-23)36-34(39)45-30-21-44-33-26(30)14-15-42-33/h3-13,16,20,22,26-27,29-30,33,38H,14-15,17-19,21H2,1-2H3,(H,36,39)/t26-,27-,29+,30-,33+/m0/s1. The van der Waals surface area contributed by atoms with Crippen molar-refractivity contribution in [3.63, 3.8) is 0 Å². The molecule has 47 heavy (non-hydrogen) atoms. The van der Waals surface area contributed by atoms with Gasteiger partial charge < -0.3 is 29.1 Å². The Hall–Kier alpha value is -3.59. The van der Waals surface area contributed by atoms with E-state index in [4.69, 9.17) is 18.6 Å². The summed E-state index contributed by atoms with van der Waals surface area (Å²) in [5.41, 5.74) is 2.17. The maximum Gasteiger partial charge on any atom is 0.407 e. The lowest BCUT2D eigenvalue weighted by molar-refractivity contribution is -0.0907. The van der Waals surface area contributed by atoms with Crippen molar-refractivity contribution in [1.82, 2.24) is 14.6 Å². The fourth-order valence-electron chi connectivity index (χ4n) is 5.90. The van der Waals surface area contributed by atoms with Gasteiger partial charge in [0.05, 0.1) is 41.1 Å². The highest BCUT2D eigenvalue weighted by atomic mass is 32.2. The zero-order valence-corrected chi connectivity index (χ0v) is 27.9. The molecule has 1 amide bonds. The van der Waals surface area contributed by atoms with Crippen LogP contribution in [-0.2, 0) is 30.7 Å². The number of thiophene rings is 1. The van der Waals surface area contributed by atoms with Gasteiger partial charge in [0.15, 0.2) is 6.29 Å². The number of oxazole rings is 1. The minimum absolute atomic E-state index is 0.0310. The Morgan fingerprint density at radius 3 is 2.60 bits per heavy atom. The number of rotatable bonds is 13. The van der Waals surface area contributed by atoms with Crippen LogP contribution in [0.5, 0.6) is 0 Å². The second kappa shape index (κ2) is 14.7. The van der Waals surface area contributed by atoms with Crippen molar-refractivity contribution in [2.75, 3.05) is 26.3 Å². The van der Waals surface area contributed by atoms with E-state index in [0.29, 0.717) is 23.8 Å². The van der Waals surface area contributed by atoms with E-state index < -0.39 is 34.4 Å². The van der Waals surface area contributed by atoms with Gasteiger partial charge in [-0.05, 0) is 47.9 Å². The van der Waals surface area contributed by atoms with Crippen LogP contribution in [0, 0.1) is 11.8 Å². The summed E-state index contributed by atoms with van der Waals surface area (Å²) >= 11 is 1.52. The van der Waals surface area contributed by atoms with Gasteiger partial charge in [-0.3, -0.25) is 0 Å². The number of nitrogens with one attached hydrogen (secondary N) is 1. The molecule has 13 heteroatoms. The molecule has 2 aromatic carbocycles. The fraction of sp³-hybridized carbons (Fsp3) is 0.412. The lowest BCUT2D eigenvalue weighted by atomic mass is 10.0. The normalized spacial score (nSPS) is 20.7. The monoisotopic (exact) mass is 681 g/mol. The summed E-state index contributed by atoms with van der Waals surface area (Å²) in [6.45, 7) is 4.53. The van der Waals surface area contributed by atoms with E-state index in [1.165, 1.54) is 27.8 Å². The molecule has 4 aromatic rings. The van der Waals surface area contributed by atoms with E-state index >= 15 is 0 Å². The van der Waals surface area contributed by atoms with Crippen LogP contribution in [0.2, 0.25) is 0 Å². The predicted molar refractivity (Wildman–Crippen MR) is 176 cm³/mol. The maximum absolute atomic E-state index is 14.0. The highest BCUT2D eigenvalue weighted by molar-refractivity contribution is 7.89. The number of carbonyl (C=O) groups excluding carboxylic acids is 1. The van der Waals surface area contributed by atoms with Gasteiger partial charge in [-0.2, -0.15) is 4.31 Å². The van der Waals surface area contributed by atoms with Gasteiger partial charge in [-0.1, -0.05) is 62.4 Å². The Labute approximate surface area is 278 Å². The quantitative estimate of drug-likeness (QED) is 0.195. The number of amides is 1. The Morgan fingerprint density at radius 2 is 1.87 bits per heavy atom. The van der Waals surface area contributed by atoms with E-state index in [2.05, 4.69) is 10.3 Å². The second-order valence-electron chi connectivity index (χ2n) is 12.2. The Bertz CT molecular complexity index is 1710. The number of ether oxygens (including phenoxy) is 3. The molecule has 0 aliphatic carbocycles. The van der Waals surface area contributed by atoms with Crippen LogP contribution in [-0.4, -0.2) is 79.7 Å². The number of aliphatic hydroxyl groups is 1. The van der Waals surface area contributed by atoms with Crippen LogP contribution >= 0.6 is 11.3 Å². The SMILES string of the molecule is CC(C)CN(C[C@@H](O)[C@H](Cc1ccccc1)NC(=O)O[C@H]1CO[C@H]2OCC[C@H]21)S(=O)(=O)c1ccc(-c2coc(-c3cccs3)n2)cc1. The highest BCUT2D eigenvalue weighted by Gasteiger charge is 2.44. The molecule has 0 saturated carbocycles. The van der Waals surface area contributed by atoms with Crippen LogP contribution < -0.4 is 5.32 Å². The summed E-state index contributed by atoms with van der Waals surface area (Å²) < 4.78 is 51.7. The molecule has 0 spiro atoms. The number of hydrogen-bond acceptors (Lipinski definition) is 10. The number of carbonyl (C=O) groups is 1. The van der Waals surface area contributed by atoms with Gasteiger partial charge in [-0.15, -0.1) is 11.3 Å². The number of alkyl carbamates (subject to hydrolysis) is 1. The number of sulfonamides is 1. The Morgan fingerprint density at radius 1 is 1.09 bits per heavy atom. The zero-order valence-electron chi connectivity index (χ0n) is 26.2. The number of aliphatic hydroxyl groups excluding tert-OH is 1. The smallest absolute Gasteiger partial charge is 0.407 e. The first kappa shape index (κ1) is 33.3. The van der Waals surface area contributed by atoms with Crippen molar-refractivity contribution in [3.8, 4) is 22.0 Å². The Balaban J connectivity index is 1.18. The molecular weight excluding hydrogens is 643 g/mol.